The van der Waals surface area contributed by atoms with Gasteiger partial charge in [0.25, 0.3) is 0 Å². The highest BCUT2D eigenvalue weighted by atomic mass is 32.1. The van der Waals surface area contributed by atoms with Gasteiger partial charge in [-0.25, -0.2) is 4.98 Å². The van der Waals surface area contributed by atoms with Crippen molar-refractivity contribution in [1.29, 1.82) is 0 Å². The molecule has 4 rings (SSSR count). The Morgan fingerprint density at radius 3 is 2.59 bits per heavy atom. The van der Waals surface area contributed by atoms with Crippen LogP contribution in [0.3, 0.4) is 0 Å². The summed E-state index contributed by atoms with van der Waals surface area (Å²) in [6.45, 7) is 1.60. The fourth-order valence-electron chi connectivity index (χ4n) is 4.19. The molecule has 1 aromatic heterocycles. The molecule has 1 unspecified atom stereocenters. The Morgan fingerprint density at radius 1 is 1.15 bits per heavy atom. The van der Waals surface area contributed by atoms with E-state index in [2.05, 4.69) is 27.3 Å². The van der Waals surface area contributed by atoms with Gasteiger partial charge in [0.2, 0.25) is 5.91 Å². The molecule has 4 nitrogen and oxygen atoms in total. The molecule has 0 radical (unpaired) electrons. The van der Waals surface area contributed by atoms with Crippen molar-refractivity contribution in [2.24, 2.45) is 5.92 Å². The maximum Gasteiger partial charge on any atom is 0.235 e. The number of amides is 1. The van der Waals surface area contributed by atoms with Crippen molar-refractivity contribution in [1.82, 2.24) is 15.2 Å². The summed E-state index contributed by atoms with van der Waals surface area (Å²) in [5.74, 6) is 0.887. The molecule has 0 spiro atoms. The van der Waals surface area contributed by atoms with Crippen LogP contribution in [0.1, 0.15) is 61.6 Å². The highest BCUT2D eigenvalue weighted by Gasteiger charge is 2.32. The standard InChI is InChI=1S/C22H29N3OS/c26-20(16-25(19-11-12-19)15-17-7-3-1-4-8-17)24-21(22-23-13-14-27-22)18-9-5-2-6-10-18/h2,5-6,9-10,13-14,17,19,21H,1,3-4,7-8,11-12,15-16H2,(H,24,26). The molecule has 2 saturated carbocycles. The van der Waals surface area contributed by atoms with Crippen molar-refractivity contribution in [3.63, 3.8) is 0 Å². The monoisotopic (exact) mass is 383 g/mol. The van der Waals surface area contributed by atoms with E-state index in [1.807, 2.05) is 29.8 Å². The Kier molecular flexibility index (Phi) is 6.20. The number of nitrogens with one attached hydrogen (secondary N) is 1. The van der Waals surface area contributed by atoms with Gasteiger partial charge in [-0.15, -0.1) is 11.3 Å². The molecular formula is C22H29N3OS. The van der Waals surface area contributed by atoms with E-state index in [1.54, 1.807) is 11.3 Å². The van der Waals surface area contributed by atoms with Crippen molar-refractivity contribution in [3.8, 4) is 0 Å². The molecule has 1 aromatic carbocycles. The number of nitrogens with zero attached hydrogens (tertiary/aromatic N) is 2. The largest absolute Gasteiger partial charge is 0.342 e. The smallest absolute Gasteiger partial charge is 0.235 e. The molecule has 2 aromatic rings. The van der Waals surface area contributed by atoms with Crippen LogP contribution in [0.2, 0.25) is 0 Å². The third kappa shape index (κ3) is 5.17. The summed E-state index contributed by atoms with van der Waals surface area (Å²) >= 11 is 1.59. The summed E-state index contributed by atoms with van der Waals surface area (Å²) < 4.78 is 0. The van der Waals surface area contributed by atoms with Gasteiger partial charge in [0, 0.05) is 24.2 Å². The number of carbonyl (C=O) groups excluding carboxylic acids is 1. The van der Waals surface area contributed by atoms with Gasteiger partial charge in [-0.3, -0.25) is 9.69 Å². The van der Waals surface area contributed by atoms with E-state index in [-0.39, 0.29) is 11.9 Å². The maximum atomic E-state index is 12.9. The highest BCUT2D eigenvalue weighted by molar-refractivity contribution is 7.09. The Hall–Kier alpha value is -1.72. The lowest BCUT2D eigenvalue weighted by Crippen LogP contribution is -2.42. The van der Waals surface area contributed by atoms with Crippen molar-refractivity contribution in [2.45, 2.75) is 57.0 Å². The molecule has 1 heterocycles. The lowest BCUT2D eigenvalue weighted by atomic mass is 9.89. The van der Waals surface area contributed by atoms with Crippen LogP contribution in [0.4, 0.5) is 0 Å². The first-order valence-electron chi connectivity index (χ1n) is 10.3. The van der Waals surface area contributed by atoms with Gasteiger partial charge in [0.1, 0.15) is 11.0 Å². The first-order chi connectivity index (χ1) is 13.3. The molecule has 1 amide bonds. The summed E-state index contributed by atoms with van der Waals surface area (Å²) in [7, 11) is 0. The minimum atomic E-state index is -0.158. The second-order valence-electron chi connectivity index (χ2n) is 7.95. The third-order valence-electron chi connectivity index (χ3n) is 5.76. The van der Waals surface area contributed by atoms with Crippen molar-refractivity contribution >= 4 is 17.2 Å². The van der Waals surface area contributed by atoms with Gasteiger partial charge in [-0.05, 0) is 37.2 Å². The van der Waals surface area contributed by atoms with E-state index in [0.717, 1.165) is 23.0 Å². The van der Waals surface area contributed by atoms with Crippen LogP contribution in [-0.4, -0.2) is 34.9 Å². The highest BCUT2D eigenvalue weighted by Crippen LogP contribution is 2.31. The van der Waals surface area contributed by atoms with Crippen LogP contribution in [0.15, 0.2) is 41.9 Å². The molecule has 0 saturated heterocycles. The first kappa shape index (κ1) is 18.6. The molecule has 144 valence electrons. The molecule has 27 heavy (non-hydrogen) atoms. The molecule has 1 N–H and O–H groups in total. The molecule has 2 fully saturated rings. The fourth-order valence-corrected chi connectivity index (χ4v) is 4.90. The zero-order valence-electron chi connectivity index (χ0n) is 15.8. The molecule has 0 aliphatic heterocycles. The molecule has 5 heteroatoms. The molecule has 1 atom stereocenters. The predicted molar refractivity (Wildman–Crippen MR) is 110 cm³/mol. The van der Waals surface area contributed by atoms with Crippen molar-refractivity contribution in [2.75, 3.05) is 13.1 Å². The number of hydrogen-bond acceptors (Lipinski definition) is 4. The Labute approximate surface area is 166 Å². The summed E-state index contributed by atoms with van der Waals surface area (Å²) in [4.78, 5) is 19.8. The van der Waals surface area contributed by atoms with Gasteiger partial charge in [-0.2, -0.15) is 0 Å². The van der Waals surface area contributed by atoms with E-state index < -0.39 is 0 Å². The van der Waals surface area contributed by atoms with Gasteiger partial charge < -0.3 is 5.32 Å². The Bertz CT molecular complexity index is 708. The van der Waals surface area contributed by atoms with Crippen molar-refractivity contribution < 1.29 is 4.79 Å². The number of thiazole rings is 1. The van der Waals surface area contributed by atoms with Crippen molar-refractivity contribution in [3.05, 3.63) is 52.5 Å². The quantitative estimate of drug-likeness (QED) is 0.735. The second kappa shape index (κ2) is 8.98. The second-order valence-corrected chi connectivity index (χ2v) is 8.87. The zero-order chi connectivity index (χ0) is 18.5. The lowest BCUT2D eigenvalue weighted by Gasteiger charge is -2.30. The van der Waals surface area contributed by atoms with Gasteiger partial charge in [0.15, 0.2) is 0 Å². The Balaban J connectivity index is 1.41. The first-order valence-corrected chi connectivity index (χ1v) is 11.2. The van der Waals surface area contributed by atoms with Crippen LogP contribution < -0.4 is 5.32 Å². The normalized spacial score (nSPS) is 19.1. The van der Waals surface area contributed by atoms with Crippen LogP contribution >= 0.6 is 11.3 Å². The zero-order valence-corrected chi connectivity index (χ0v) is 16.7. The molecule has 0 bridgehead atoms. The molecule has 2 aliphatic carbocycles. The average Bonchev–Trinajstić information content (AvgIpc) is 3.42. The topological polar surface area (TPSA) is 45.2 Å². The number of carbonyl (C=O) groups is 1. The number of aromatic nitrogens is 1. The van der Waals surface area contributed by atoms with Crippen LogP contribution in [0.25, 0.3) is 0 Å². The van der Waals surface area contributed by atoms with E-state index in [1.165, 1.54) is 44.9 Å². The maximum absolute atomic E-state index is 12.9. The van der Waals surface area contributed by atoms with Crippen LogP contribution in [0, 0.1) is 5.92 Å². The Morgan fingerprint density at radius 2 is 1.93 bits per heavy atom. The summed E-state index contributed by atoms with van der Waals surface area (Å²) in [6.07, 6.45) is 11.1. The summed E-state index contributed by atoms with van der Waals surface area (Å²) in [5, 5.41) is 6.17. The number of rotatable bonds is 8. The van der Waals surface area contributed by atoms with Crippen LogP contribution in [0.5, 0.6) is 0 Å². The predicted octanol–water partition coefficient (Wildman–Crippen LogP) is 4.39. The van der Waals surface area contributed by atoms with E-state index in [9.17, 15) is 4.79 Å². The lowest BCUT2D eigenvalue weighted by molar-refractivity contribution is -0.123. The van der Waals surface area contributed by atoms with Crippen LogP contribution in [-0.2, 0) is 4.79 Å². The van der Waals surface area contributed by atoms with E-state index >= 15 is 0 Å². The summed E-state index contributed by atoms with van der Waals surface area (Å²) in [5.41, 5.74) is 1.09. The summed E-state index contributed by atoms with van der Waals surface area (Å²) in [6, 6.07) is 10.6. The van der Waals surface area contributed by atoms with Gasteiger partial charge in [-0.1, -0.05) is 49.6 Å². The third-order valence-corrected chi connectivity index (χ3v) is 6.60. The minimum Gasteiger partial charge on any atom is -0.342 e. The molecule has 2 aliphatic rings. The number of hydrogen-bond donors (Lipinski definition) is 1. The SMILES string of the molecule is O=C(CN(CC1CCCCC1)C1CC1)NC(c1ccccc1)c1nccs1. The van der Waals surface area contributed by atoms with Gasteiger partial charge in [0.05, 0.1) is 6.54 Å². The average molecular weight is 384 g/mol. The fraction of sp³-hybridized carbons (Fsp3) is 0.545. The van der Waals surface area contributed by atoms with E-state index in [0.29, 0.717) is 12.6 Å². The number of benzene rings is 1. The molecular weight excluding hydrogens is 354 g/mol. The van der Waals surface area contributed by atoms with Gasteiger partial charge >= 0.3 is 0 Å². The minimum absolute atomic E-state index is 0.113. The van der Waals surface area contributed by atoms with E-state index in [4.69, 9.17) is 0 Å².